The number of rotatable bonds is 4. The lowest BCUT2D eigenvalue weighted by atomic mass is 10.2. The van der Waals surface area contributed by atoms with Crippen molar-refractivity contribution in [1.29, 1.82) is 0 Å². The maximum Gasteiger partial charge on any atom is 0.332 e. The van der Waals surface area contributed by atoms with Crippen molar-refractivity contribution in [2.45, 2.75) is 6.92 Å². The van der Waals surface area contributed by atoms with Crippen LogP contribution in [-0.4, -0.2) is 25.8 Å². The van der Waals surface area contributed by atoms with Crippen LogP contribution in [0.1, 0.15) is 12.5 Å². The van der Waals surface area contributed by atoms with E-state index in [4.69, 9.17) is 9.47 Å². The van der Waals surface area contributed by atoms with Crippen LogP contribution >= 0.6 is 0 Å². The van der Waals surface area contributed by atoms with E-state index in [1.165, 1.54) is 19.3 Å². The number of amides is 1. The summed E-state index contributed by atoms with van der Waals surface area (Å²) < 4.78 is 14.9. The summed E-state index contributed by atoms with van der Waals surface area (Å²) in [6, 6.07) is 5.38. The van der Waals surface area contributed by atoms with E-state index in [2.05, 4.69) is 10.1 Å². The molecule has 0 aromatic heterocycles. The van der Waals surface area contributed by atoms with Crippen LogP contribution in [0.4, 0.5) is 0 Å². The number of carbonyl (C=O) groups is 2. The smallest absolute Gasteiger partial charge is 0.332 e. The molecule has 21 heavy (non-hydrogen) atoms. The average molecular weight is 289 g/mol. The lowest BCUT2D eigenvalue weighted by Crippen LogP contribution is -2.19. The normalized spacial score (nSPS) is 13.3. The van der Waals surface area contributed by atoms with E-state index < -0.39 is 5.97 Å². The summed E-state index contributed by atoms with van der Waals surface area (Å²) in [5.74, 6) is 0.477. The fraction of sp³-hybridized carbons (Fsp3) is 0.200. The maximum absolute atomic E-state index is 11.7. The Bertz CT molecular complexity index is 618. The molecule has 1 N–H and O–H groups in total. The first-order chi connectivity index (χ1) is 10.1. The Hall–Kier alpha value is -2.76. The number of fused-ring (bicyclic) bond motifs is 1. The van der Waals surface area contributed by atoms with Gasteiger partial charge >= 0.3 is 5.97 Å². The SMILES string of the molecule is COC(=O)C=C(C)NC(=O)C=Cc1ccc2c(c1)OCO2. The molecule has 0 saturated heterocycles. The molecule has 2 rings (SSSR count). The highest BCUT2D eigenvalue weighted by atomic mass is 16.7. The van der Waals surface area contributed by atoms with Gasteiger partial charge in [-0.05, 0) is 30.7 Å². The van der Waals surface area contributed by atoms with Gasteiger partial charge in [-0.15, -0.1) is 0 Å². The molecule has 1 aromatic carbocycles. The zero-order chi connectivity index (χ0) is 15.2. The molecule has 1 aliphatic heterocycles. The molecule has 0 aliphatic carbocycles. The van der Waals surface area contributed by atoms with E-state index in [1.807, 2.05) is 6.07 Å². The van der Waals surface area contributed by atoms with Crippen molar-refractivity contribution in [2.75, 3.05) is 13.9 Å². The van der Waals surface area contributed by atoms with Crippen LogP contribution in [0.5, 0.6) is 11.5 Å². The van der Waals surface area contributed by atoms with Gasteiger partial charge < -0.3 is 19.5 Å². The van der Waals surface area contributed by atoms with Gasteiger partial charge in [0.25, 0.3) is 0 Å². The number of allylic oxidation sites excluding steroid dienone is 1. The summed E-state index contributed by atoms with van der Waals surface area (Å²) >= 11 is 0. The molecule has 110 valence electrons. The number of carbonyl (C=O) groups excluding carboxylic acids is 2. The van der Waals surface area contributed by atoms with Gasteiger partial charge in [-0.3, -0.25) is 4.79 Å². The number of methoxy groups -OCH3 is 1. The highest BCUT2D eigenvalue weighted by Crippen LogP contribution is 2.32. The van der Waals surface area contributed by atoms with E-state index in [9.17, 15) is 9.59 Å². The van der Waals surface area contributed by atoms with Gasteiger partial charge in [0, 0.05) is 17.8 Å². The molecular weight excluding hydrogens is 274 g/mol. The third-order valence-electron chi connectivity index (χ3n) is 2.68. The van der Waals surface area contributed by atoms with Crippen LogP contribution < -0.4 is 14.8 Å². The van der Waals surface area contributed by atoms with Crippen molar-refractivity contribution in [3.8, 4) is 11.5 Å². The topological polar surface area (TPSA) is 73.9 Å². The van der Waals surface area contributed by atoms with Gasteiger partial charge in [-0.25, -0.2) is 4.79 Å². The van der Waals surface area contributed by atoms with Gasteiger partial charge in [0.1, 0.15) is 0 Å². The predicted octanol–water partition coefficient (Wildman–Crippen LogP) is 1.62. The van der Waals surface area contributed by atoms with Crippen molar-refractivity contribution in [1.82, 2.24) is 5.32 Å². The third kappa shape index (κ3) is 4.10. The highest BCUT2D eigenvalue weighted by Gasteiger charge is 2.12. The van der Waals surface area contributed by atoms with Crippen molar-refractivity contribution in [3.63, 3.8) is 0 Å². The molecule has 1 aromatic rings. The first kappa shape index (κ1) is 14.6. The summed E-state index contributed by atoms with van der Waals surface area (Å²) in [6.45, 7) is 1.81. The van der Waals surface area contributed by atoms with Crippen molar-refractivity contribution >= 4 is 18.0 Å². The van der Waals surface area contributed by atoms with Crippen LogP contribution in [0.2, 0.25) is 0 Å². The first-order valence-corrected chi connectivity index (χ1v) is 6.23. The van der Waals surface area contributed by atoms with E-state index in [0.717, 1.165) is 5.56 Å². The zero-order valence-corrected chi connectivity index (χ0v) is 11.7. The van der Waals surface area contributed by atoms with Crippen LogP contribution in [0.25, 0.3) is 6.08 Å². The minimum atomic E-state index is -0.521. The van der Waals surface area contributed by atoms with Crippen molar-refractivity contribution in [3.05, 3.63) is 41.6 Å². The Morgan fingerprint density at radius 1 is 1.29 bits per heavy atom. The summed E-state index contributed by atoms with van der Waals surface area (Å²) in [6.07, 6.45) is 4.21. The number of ether oxygens (including phenoxy) is 3. The molecule has 1 amide bonds. The van der Waals surface area contributed by atoms with Gasteiger partial charge in [0.05, 0.1) is 7.11 Å². The summed E-state index contributed by atoms with van der Waals surface area (Å²) in [5, 5.41) is 2.55. The average Bonchev–Trinajstić information content (AvgIpc) is 2.92. The van der Waals surface area contributed by atoms with Crippen LogP contribution in [-0.2, 0) is 14.3 Å². The Morgan fingerprint density at radius 3 is 2.81 bits per heavy atom. The van der Waals surface area contributed by atoms with E-state index in [1.54, 1.807) is 25.1 Å². The predicted molar refractivity (Wildman–Crippen MR) is 75.5 cm³/mol. The van der Waals surface area contributed by atoms with Gasteiger partial charge in [-0.1, -0.05) is 6.07 Å². The Kier molecular flexibility index (Phi) is 4.61. The van der Waals surface area contributed by atoms with Crippen LogP contribution in [0.3, 0.4) is 0 Å². The van der Waals surface area contributed by atoms with E-state index >= 15 is 0 Å². The molecule has 1 heterocycles. The molecule has 0 atom stereocenters. The molecule has 0 unspecified atom stereocenters. The fourth-order valence-electron chi connectivity index (χ4n) is 1.70. The molecule has 0 spiro atoms. The summed E-state index contributed by atoms with van der Waals surface area (Å²) in [4.78, 5) is 22.7. The van der Waals surface area contributed by atoms with Gasteiger partial charge in [0.15, 0.2) is 11.5 Å². The maximum atomic E-state index is 11.7. The number of benzene rings is 1. The van der Waals surface area contributed by atoms with E-state index in [0.29, 0.717) is 17.2 Å². The first-order valence-electron chi connectivity index (χ1n) is 6.23. The summed E-state index contributed by atoms with van der Waals surface area (Å²) in [5.41, 5.74) is 1.21. The summed E-state index contributed by atoms with van der Waals surface area (Å²) in [7, 11) is 1.27. The van der Waals surface area contributed by atoms with Crippen molar-refractivity contribution < 1.29 is 23.8 Å². The zero-order valence-electron chi connectivity index (χ0n) is 11.7. The number of hydrogen-bond acceptors (Lipinski definition) is 5. The number of nitrogens with one attached hydrogen (secondary N) is 1. The molecular formula is C15H15NO5. The second-order valence-corrected chi connectivity index (χ2v) is 4.29. The van der Waals surface area contributed by atoms with Crippen LogP contribution in [0, 0.1) is 0 Å². The Morgan fingerprint density at radius 2 is 2.05 bits per heavy atom. The van der Waals surface area contributed by atoms with Crippen molar-refractivity contribution in [2.24, 2.45) is 0 Å². The molecule has 1 aliphatic rings. The van der Waals surface area contributed by atoms with Gasteiger partial charge in [-0.2, -0.15) is 0 Å². The molecule has 0 radical (unpaired) electrons. The molecule has 0 saturated carbocycles. The minimum absolute atomic E-state index is 0.209. The lowest BCUT2D eigenvalue weighted by Gasteiger charge is -2.01. The number of hydrogen-bond donors (Lipinski definition) is 1. The molecule has 0 bridgehead atoms. The highest BCUT2D eigenvalue weighted by molar-refractivity contribution is 5.93. The molecule has 6 nitrogen and oxygen atoms in total. The molecule has 0 fully saturated rings. The quantitative estimate of drug-likeness (QED) is 0.673. The lowest BCUT2D eigenvalue weighted by molar-refractivity contribution is -0.134. The minimum Gasteiger partial charge on any atom is -0.466 e. The third-order valence-corrected chi connectivity index (χ3v) is 2.68. The Labute approximate surface area is 122 Å². The van der Waals surface area contributed by atoms with Crippen LogP contribution in [0.15, 0.2) is 36.0 Å². The fourth-order valence-corrected chi connectivity index (χ4v) is 1.70. The second kappa shape index (κ2) is 6.60. The van der Waals surface area contributed by atoms with Gasteiger partial charge in [0.2, 0.25) is 12.7 Å². The van der Waals surface area contributed by atoms with E-state index in [-0.39, 0.29) is 12.7 Å². The number of esters is 1. The molecule has 6 heteroatoms. The Balaban J connectivity index is 1.96. The standard InChI is InChI=1S/C15H15NO5/c1-10(7-15(18)19-2)16-14(17)6-4-11-3-5-12-13(8-11)21-9-20-12/h3-8H,9H2,1-2H3,(H,16,17). The monoisotopic (exact) mass is 289 g/mol. The largest absolute Gasteiger partial charge is 0.466 e. The second-order valence-electron chi connectivity index (χ2n) is 4.29.